The first-order valence-electron chi connectivity index (χ1n) is 6.78. The molecule has 0 radical (unpaired) electrons. The second kappa shape index (κ2) is 7.12. The third-order valence-electron chi connectivity index (χ3n) is 3.05. The van der Waals surface area contributed by atoms with Crippen LogP contribution in [0, 0.1) is 0 Å². The van der Waals surface area contributed by atoms with Gasteiger partial charge in [-0.1, -0.05) is 37.3 Å². The molecular weight excluding hydrogens is 238 g/mol. The fourth-order valence-corrected chi connectivity index (χ4v) is 2.07. The van der Waals surface area contributed by atoms with E-state index in [9.17, 15) is 0 Å². The van der Waals surface area contributed by atoms with Gasteiger partial charge in [0, 0.05) is 18.7 Å². The van der Waals surface area contributed by atoms with Gasteiger partial charge in [0.25, 0.3) is 0 Å². The molecule has 19 heavy (non-hydrogen) atoms. The zero-order chi connectivity index (χ0) is 13.5. The summed E-state index contributed by atoms with van der Waals surface area (Å²) in [7, 11) is 0. The van der Waals surface area contributed by atoms with Gasteiger partial charge in [-0.15, -0.1) is 0 Å². The van der Waals surface area contributed by atoms with Gasteiger partial charge >= 0.3 is 0 Å². The molecule has 2 aromatic carbocycles. The van der Waals surface area contributed by atoms with Crippen LogP contribution in [0.2, 0.25) is 0 Å². The van der Waals surface area contributed by atoms with Gasteiger partial charge < -0.3 is 14.8 Å². The van der Waals surface area contributed by atoms with Gasteiger partial charge in [0.1, 0.15) is 5.75 Å². The van der Waals surface area contributed by atoms with Gasteiger partial charge in [0.15, 0.2) is 6.79 Å². The van der Waals surface area contributed by atoms with Gasteiger partial charge in [-0.2, -0.15) is 0 Å². The molecule has 0 aliphatic carbocycles. The zero-order valence-electron chi connectivity index (χ0n) is 11.6. The Morgan fingerprint density at radius 1 is 1.05 bits per heavy atom. The van der Waals surface area contributed by atoms with Crippen LogP contribution in [0.3, 0.4) is 0 Å². The fourth-order valence-electron chi connectivity index (χ4n) is 2.07. The summed E-state index contributed by atoms with van der Waals surface area (Å²) >= 11 is 0. The summed E-state index contributed by atoms with van der Waals surface area (Å²) in [5.74, 6) is 0.896. The maximum Gasteiger partial charge on any atom is 0.189 e. The molecule has 0 aliphatic rings. The highest BCUT2D eigenvalue weighted by molar-refractivity contribution is 5.87. The molecule has 0 unspecified atom stereocenters. The second-order valence-corrected chi connectivity index (χ2v) is 4.30. The molecule has 0 saturated carbocycles. The van der Waals surface area contributed by atoms with Crippen molar-refractivity contribution in [2.45, 2.75) is 20.4 Å². The monoisotopic (exact) mass is 259 g/mol. The maximum atomic E-state index is 5.72. The number of nitrogens with one attached hydrogen (secondary N) is 1. The first-order chi connectivity index (χ1) is 9.36. The Hall–Kier alpha value is -1.58. The normalized spacial score (nSPS) is 10.8. The Bertz CT molecular complexity index is 525. The Morgan fingerprint density at radius 3 is 2.68 bits per heavy atom. The molecule has 1 N–H and O–H groups in total. The SMILES string of the molecule is CCNCc1c(OCOCC)ccc2ccccc12. The van der Waals surface area contributed by atoms with Crippen LogP contribution in [0.4, 0.5) is 0 Å². The van der Waals surface area contributed by atoms with Gasteiger partial charge in [-0.05, 0) is 30.3 Å². The van der Waals surface area contributed by atoms with E-state index in [2.05, 4.69) is 42.6 Å². The average Bonchev–Trinajstić information content (AvgIpc) is 2.46. The van der Waals surface area contributed by atoms with E-state index >= 15 is 0 Å². The minimum absolute atomic E-state index is 0.300. The van der Waals surface area contributed by atoms with Crippen molar-refractivity contribution in [1.82, 2.24) is 5.32 Å². The van der Waals surface area contributed by atoms with Crippen LogP contribution in [-0.4, -0.2) is 19.9 Å². The van der Waals surface area contributed by atoms with Gasteiger partial charge in [0.2, 0.25) is 0 Å². The molecule has 2 aromatic rings. The van der Waals surface area contributed by atoms with Gasteiger partial charge in [0.05, 0.1) is 0 Å². The van der Waals surface area contributed by atoms with E-state index in [1.54, 1.807) is 0 Å². The minimum Gasteiger partial charge on any atom is -0.467 e. The van der Waals surface area contributed by atoms with Crippen LogP contribution in [-0.2, 0) is 11.3 Å². The molecule has 2 rings (SSSR count). The smallest absolute Gasteiger partial charge is 0.189 e. The Balaban J connectivity index is 2.32. The Morgan fingerprint density at radius 2 is 1.89 bits per heavy atom. The number of benzene rings is 2. The summed E-state index contributed by atoms with van der Waals surface area (Å²) in [5.41, 5.74) is 1.19. The summed E-state index contributed by atoms with van der Waals surface area (Å²) in [4.78, 5) is 0. The Kier molecular flexibility index (Phi) is 5.19. The molecule has 3 nitrogen and oxygen atoms in total. The number of hydrogen-bond acceptors (Lipinski definition) is 3. The molecule has 0 bridgehead atoms. The molecule has 3 heteroatoms. The minimum atomic E-state index is 0.300. The summed E-state index contributed by atoms with van der Waals surface area (Å²) in [6, 6.07) is 12.5. The third-order valence-corrected chi connectivity index (χ3v) is 3.05. The van der Waals surface area contributed by atoms with E-state index in [0.717, 1.165) is 18.8 Å². The molecule has 0 fully saturated rings. The number of hydrogen-bond donors (Lipinski definition) is 1. The van der Waals surface area contributed by atoms with E-state index < -0.39 is 0 Å². The van der Waals surface area contributed by atoms with Crippen molar-refractivity contribution in [3.8, 4) is 5.75 Å². The second-order valence-electron chi connectivity index (χ2n) is 4.30. The predicted octanol–water partition coefficient (Wildman–Crippen LogP) is 3.32. The van der Waals surface area contributed by atoms with Crippen molar-refractivity contribution in [3.63, 3.8) is 0 Å². The number of rotatable bonds is 7. The summed E-state index contributed by atoms with van der Waals surface area (Å²) in [5, 5.41) is 5.84. The van der Waals surface area contributed by atoms with E-state index in [1.807, 2.05) is 13.0 Å². The van der Waals surface area contributed by atoms with Crippen molar-refractivity contribution in [3.05, 3.63) is 42.0 Å². The molecule has 0 aliphatic heterocycles. The molecule has 0 amide bonds. The molecule has 0 aromatic heterocycles. The van der Waals surface area contributed by atoms with Crippen LogP contribution < -0.4 is 10.1 Å². The van der Waals surface area contributed by atoms with E-state index in [1.165, 1.54) is 16.3 Å². The fraction of sp³-hybridized carbons (Fsp3) is 0.375. The molecule has 0 atom stereocenters. The quantitative estimate of drug-likeness (QED) is 0.611. The van der Waals surface area contributed by atoms with E-state index in [-0.39, 0.29) is 0 Å². The summed E-state index contributed by atoms with van der Waals surface area (Å²) in [6.45, 7) is 6.77. The van der Waals surface area contributed by atoms with Crippen molar-refractivity contribution in [1.29, 1.82) is 0 Å². The highest BCUT2D eigenvalue weighted by Gasteiger charge is 2.08. The van der Waals surface area contributed by atoms with E-state index in [4.69, 9.17) is 9.47 Å². The molecule has 102 valence electrons. The largest absolute Gasteiger partial charge is 0.467 e. The highest BCUT2D eigenvalue weighted by atomic mass is 16.7. The molecule has 0 saturated heterocycles. The third kappa shape index (κ3) is 3.46. The molecule has 0 heterocycles. The first-order valence-corrected chi connectivity index (χ1v) is 6.78. The van der Waals surface area contributed by atoms with E-state index in [0.29, 0.717) is 13.4 Å². The lowest BCUT2D eigenvalue weighted by Crippen LogP contribution is -2.14. The average molecular weight is 259 g/mol. The molecular formula is C16H21NO2. The highest BCUT2D eigenvalue weighted by Crippen LogP contribution is 2.28. The van der Waals surface area contributed by atoms with Crippen molar-refractivity contribution in [2.75, 3.05) is 19.9 Å². The van der Waals surface area contributed by atoms with Crippen LogP contribution in [0.5, 0.6) is 5.75 Å². The lowest BCUT2D eigenvalue weighted by molar-refractivity contribution is 0.0219. The van der Waals surface area contributed by atoms with Crippen molar-refractivity contribution >= 4 is 10.8 Å². The number of ether oxygens (including phenoxy) is 2. The topological polar surface area (TPSA) is 30.5 Å². The lowest BCUT2D eigenvalue weighted by Gasteiger charge is -2.14. The van der Waals surface area contributed by atoms with Crippen molar-refractivity contribution in [2.24, 2.45) is 0 Å². The van der Waals surface area contributed by atoms with Gasteiger partial charge in [-0.3, -0.25) is 0 Å². The van der Waals surface area contributed by atoms with Crippen LogP contribution >= 0.6 is 0 Å². The van der Waals surface area contributed by atoms with Crippen molar-refractivity contribution < 1.29 is 9.47 Å². The summed E-state index contributed by atoms with van der Waals surface area (Å²) < 4.78 is 11.0. The van der Waals surface area contributed by atoms with Crippen LogP contribution in [0.15, 0.2) is 36.4 Å². The Labute approximate surface area is 114 Å². The standard InChI is InChI=1S/C16H21NO2/c1-3-17-11-15-14-8-6-5-7-13(14)9-10-16(15)19-12-18-4-2/h5-10,17H,3-4,11-12H2,1-2H3. The summed E-state index contributed by atoms with van der Waals surface area (Å²) in [6.07, 6.45) is 0. The van der Waals surface area contributed by atoms with Crippen LogP contribution in [0.25, 0.3) is 10.8 Å². The molecule has 0 spiro atoms. The first kappa shape index (κ1) is 13.8. The number of fused-ring (bicyclic) bond motifs is 1. The maximum absolute atomic E-state index is 5.72. The lowest BCUT2D eigenvalue weighted by atomic mass is 10.0. The zero-order valence-corrected chi connectivity index (χ0v) is 11.6. The predicted molar refractivity (Wildman–Crippen MR) is 78.4 cm³/mol. The van der Waals surface area contributed by atoms with Gasteiger partial charge in [-0.25, -0.2) is 0 Å². The van der Waals surface area contributed by atoms with Crippen LogP contribution in [0.1, 0.15) is 19.4 Å².